The lowest BCUT2D eigenvalue weighted by molar-refractivity contribution is -0.123. The Morgan fingerprint density at radius 1 is 1.32 bits per heavy atom. The Hall–Kier alpha value is -1.63. The van der Waals surface area contributed by atoms with Crippen LogP contribution in [-0.4, -0.2) is 56.8 Å². The third-order valence-corrected chi connectivity index (χ3v) is 4.73. The average Bonchev–Trinajstić information content (AvgIpc) is 2.57. The van der Waals surface area contributed by atoms with Gasteiger partial charge in [-0.15, -0.1) is 0 Å². The monoisotopic (exact) mass is 349 g/mol. The van der Waals surface area contributed by atoms with Crippen molar-refractivity contribution < 1.29 is 14.3 Å². The molecular weight excluding hydrogens is 318 g/mol. The van der Waals surface area contributed by atoms with Crippen LogP contribution in [0.5, 0.6) is 5.75 Å². The van der Waals surface area contributed by atoms with Gasteiger partial charge in [-0.1, -0.05) is 26.0 Å². The standard InChI is InChI=1S/C19H31N3O3/c1-19(2)14-22(9-8-17(19)20)13-18(23)21-12-15-4-6-16(7-5-15)25-11-10-24-3/h4-7,17H,8-14,20H2,1-3H3,(H,21,23). The van der Waals surface area contributed by atoms with E-state index in [9.17, 15) is 4.79 Å². The zero-order valence-corrected chi connectivity index (χ0v) is 15.6. The molecule has 0 aromatic heterocycles. The predicted octanol–water partition coefficient (Wildman–Crippen LogP) is 1.39. The van der Waals surface area contributed by atoms with Gasteiger partial charge < -0.3 is 20.5 Å². The van der Waals surface area contributed by atoms with Gasteiger partial charge in [-0.2, -0.15) is 0 Å². The molecule has 1 unspecified atom stereocenters. The average molecular weight is 349 g/mol. The molecule has 1 aliphatic rings. The number of likely N-dealkylation sites (tertiary alicyclic amines) is 1. The van der Waals surface area contributed by atoms with Gasteiger partial charge in [0.15, 0.2) is 0 Å². The topological polar surface area (TPSA) is 76.8 Å². The Morgan fingerprint density at radius 2 is 2.04 bits per heavy atom. The van der Waals surface area contributed by atoms with E-state index in [1.165, 1.54) is 0 Å². The highest BCUT2D eigenvalue weighted by Gasteiger charge is 2.33. The molecule has 2 rings (SSSR count). The first kappa shape index (κ1) is 19.7. The number of carbonyl (C=O) groups is 1. The Morgan fingerprint density at radius 3 is 2.68 bits per heavy atom. The highest BCUT2D eigenvalue weighted by molar-refractivity contribution is 5.78. The summed E-state index contributed by atoms with van der Waals surface area (Å²) in [6.45, 7) is 8.11. The van der Waals surface area contributed by atoms with E-state index in [1.54, 1.807) is 7.11 Å². The summed E-state index contributed by atoms with van der Waals surface area (Å²) >= 11 is 0. The van der Waals surface area contributed by atoms with Crippen molar-refractivity contribution in [3.05, 3.63) is 29.8 Å². The molecule has 140 valence electrons. The minimum absolute atomic E-state index is 0.0479. The van der Waals surface area contributed by atoms with E-state index >= 15 is 0 Å². The molecule has 1 fully saturated rings. The van der Waals surface area contributed by atoms with Gasteiger partial charge in [0.05, 0.1) is 13.2 Å². The van der Waals surface area contributed by atoms with E-state index in [0.29, 0.717) is 26.3 Å². The van der Waals surface area contributed by atoms with Crippen LogP contribution in [0.3, 0.4) is 0 Å². The lowest BCUT2D eigenvalue weighted by atomic mass is 9.80. The van der Waals surface area contributed by atoms with Crippen molar-refractivity contribution in [3.63, 3.8) is 0 Å². The number of benzene rings is 1. The van der Waals surface area contributed by atoms with Gasteiger partial charge in [0.1, 0.15) is 12.4 Å². The third-order valence-electron chi connectivity index (χ3n) is 4.73. The number of hydrogen-bond donors (Lipinski definition) is 2. The molecule has 0 saturated carbocycles. The lowest BCUT2D eigenvalue weighted by Crippen LogP contribution is -2.54. The van der Waals surface area contributed by atoms with Crippen molar-refractivity contribution in [2.45, 2.75) is 32.9 Å². The number of nitrogens with two attached hydrogens (primary N) is 1. The highest BCUT2D eigenvalue weighted by atomic mass is 16.5. The summed E-state index contributed by atoms with van der Waals surface area (Å²) < 4.78 is 10.5. The zero-order chi connectivity index (χ0) is 18.3. The molecule has 1 aromatic carbocycles. The quantitative estimate of drug-likeness (QED) is 0.694. The largest absolute Gasteiger partial charge is 0.491 e. The molecule has 3 N–H and O–H groups in total. The van der Waals surface area contributed by atoms with Crippen molar-refractivity contribution in [2.75, 3.05) is 40.0 Å². The molecule has 0 bridgehead atoms. The van der Waals surface area contributed by atoms with Crippen LogP contribution in [-0.2, 0) is 16.1 Å². The number of nitrogens with zero attached hydrogens (tertiary/aromatic N) is 1. The predicted molar refractivity (Wildman–Crippen MR) is 98.5 cm³/mol. The smallest absolute Gasteiger partial charge is 0.234 e. The van der Waals surface area contributed by atoms with Crippen molar-refractivity contribution in [2.24, 2.45) is 11.1 Å². The van der Waals surface area contributed by atoms with Gasteiger partial charge in [0, 0.05) is 32.8 Å². The Bertz CT molecular complexity index is 545. The maximum Gasteiger partial charge on any atom is 0.234 e. The molecule has 6 heteroatoms. The van der Waals surface area contributed by atoms with Crippen LogP contribution in [0.2, 0.25) is 0 Å². The summed E-state index contributed by atoms with van der Waals surface area (Å²) in [6.07, 6.45) is 0.935. The van der Waals surface area contributed by atoms with Gasteiger partial charge in [-0.25, -0.2) is 0 Å². The van der Waals surface area contributed by atoms with Gasteiger partial charge in [-0.3, -0.25) is 9.69 Å². The molecule has 1 saturated heterocycles. The second-order valence-corrected chi connectivity index (χ2v) is 7.36. The minimum Gasteiger partial charge on any atom is -0.491 e. The maximum absolute atomic E-state index is 12.2. The maximum atomic E-state index is 12.2. The fourth-order valence-corrected chi connectivity index (χ4v) is 3.03. The van der Waals surface area contributed by atoms with Crippen LogP contribution < -0.4 is 15.8 Å². The van der Waals surface area contributed by atoms with Crippen LogP contribution in [0, 0.1) is 5.41 Å². The normalized spacial score (nSPS) is 20.2. The molecule has 0 aliphatic carbocycles. The first-order chi connectivity index (χ1) is 11.9. The van der Waals surface area contributed by atoms with Gasteiger partial charge in [0.25, 0.3) is 0 Å². The van der Waals surface area contributed by atoms with Crippen LogP contribution in [0.4, 0.5) is 0 Å². The van der Waals surface area contributed by atoms with Gasteiger partial charge in [0.2, 0.25) is 5.91 Å². The van der Waals surface area contributed by atoms with Gasteiger partial charge >= 0.3 is 0 Å². The molecular formula is C19H31N3O3. The van der Waals surface area contributed by atoms with E-state index in [-0.39, 0.29) is 17.4 Å². The van der Waals surface area contributed by atoms with Crippen LogP contribution in [0.1, 0.15) is 25.8 Å². The summed E-state index contributed by atoms with van der Waals surface area (Å²) in [5.41, 5.74) is 7.25. The molecule has 25 heavy (non-hydrogen) atoms. The summed E-state index contributed by atoms with van der Waals surface area (Å²) in [6, 6.07) is 7.95. The molecule has 1 atom stereocenters. The summed E-state index contributed by atoms with van der Waals surface area (Å²) in [4.78, 5) is 14.4. The van der Waals surface area contributed by atoms with E-state index in [0.717, 1.165) is 30.8 Å². The number of piperidine rings is 1. The number of methoxy groups -OCH3 is 1. The minimum atomic E-state index is 0.0479. The van der Waals surface area contributed by atoms with Crippen molar-refractivity contribution in [1.82, 2.24) is 10.2 Å². The van der Waals surface area contributed by atoms with Crippen LogP contribution in [0.15, 0.2) is 24.3 Å². The van der Waals surface area contributed by atoms with E-state index in [1.807, 2.05) is 24.3 Å². The Labute approximate surface area is 150 Å². The molecule has 0 spiro atoms. The zero-order valence-electron chi connectivity index (χ0n) is 15.6. The van der Waals surface area contributed by atoms with Crippen LogP contribution in [0.25, 0.3) is 0 Å². The van der Waals surface area contributed by atoms with E-state index < -0.39 is 0 Å². The first-order valence-corrected chi connectivity index (χ1v) is 8.86. The molecule has 1 aliphatic heterocycles. The lowest BCUT2D eigenvalue weighted by Gasteiger charge is -2.42. The fraction of sp³-hybridized carbons (Fsp3) is 0.632. The van der Waals surface area contributed by atoms with Crippen molar-refractivity contribution in [3.8, 4) is 5.75 Å². The third kappa shape index (κ3) is 6.30. The second-order valence-electron chi connectivity index (χ2n) is 7.36. The highest BCUT2D eigenvalue weighted by Crippen LogP contribution is 2.27. The molecule has 6 nitrogen and oxygen atoms in total. The Kier molecular flexibility index (Phi) is 7.23. The summed E-state index contributed by atoms with van der Waals surface area (Å²) in [5.74, 6) is 0.853. The Balaban J connectivity index is 1.73. The molecule has 1 aromatic rings. The van der Waals surface area contributed by atoms with Crippen molar-refractivity contribution in [1.29, 1.82) is 0 Å². The summed E-state index contributed by atoms with van der Waals surface area (Å²) in [5, 5.41) is 2.98. The number of rotatable bonds is 8. The number of amides is 1. The number of carbonyl (C=O) groups excluding carboxylic acids is 1. The molecule has 0 radical (unpaired) electrons. The number of ether oxygens (including phenoxy) is 2. The SMILES string of the molecule is COCCOc1ccc(CNC(=O)CN2CCC(N)C(C)(C)C2)cc1. The second kappa shape index (κ2) is 9.17. The number of nitrogens with one attached hydrogen (secondary N) is 1. The number of hydrogen-bond acceptors (Lipinski definition) is 5. The van der Waals surface area contributed by atoms with E-state index in [2.05, 4.69) is 24.1 Å². The van der Waals surface area contributed by atoms with Crippen molar-refractivity contribution >= 4 is 5.91 Å². The summed E-state index contributed by atoms with van der Waals surface area (Å²) in [7, 11) is 1.65. The van der Waals surface area contributed by atoms with E-state index in [4.69, 9.17) is 15.2 Å². The van der Waals surface area contributed by atoms with Crippen LogP contribution >= 0.6 is 0 Å². The van der Waals surface area contributed by atoms with Gasteiger partial charge in [-0.05, 0) is 29.5 Å². The molecule has 1 heterocycles. The molecule has 1 amide bonds. The fourth-order valence-electron chi connectivity index (χ4n) is 3.03. The first-order valence-electron chi connectivity index (χ1n) is 8.86.